The Kier molecular flexibility index (Phi) is 4.81. The molecule has 0 radical (unpaired) electrons. The molecule has 0 unspecified atom stereocenters. The van der Waals surface area contributed by atoms with Crippen molar-refractivity contribution in [2.75, 3.05) is 0 Å². The SMILES string of the molecule is O=S(=O)(O)F.O=S(=O)(O)c1ccccc1. The van der Waals surface area contributed by atoms with Gasteiger partial charge in [-0.05, 0) is 12.1 Å². The average molecular weight is 258 g/mol. The largest absolute Gasteiger partial charge is 0.435 e. The standard InChI is InChI=1S/C6H6O3S.FHO3S/c7-10(8,9)6-4-2-1-3-5-6;1-5(2,3)4/h1-5H,(H,7,8,9);(H,2,3,4). The van der Waals surface area contributed by atoms with Gasteiger partial charge < -0.3 is 0 Å². The monoisotopic (exact) mass is 258 g/mol. The highest BCUT2D eigenvalue weighted by molar-refractivity contribution is 7.85. The van der Waals surface area contributed by atoms with E-state index in [4.69, 9.17) is 17.5 Å². The van der Waals surface area contributed by atoms with Gasteiger partial charge in [0.05, 0.1) is 4.90 Å². The molecule has 86 valence electrons. The van der Waals surface area contributed by atoms with Crippen LogP contribution >= 0.6 is 0 Å². The molecular formula is C6H7FO6S2. The first-order valence-electron chi connectivity index (χ1n) is 3.30. The predicted molar refractivity (Wildman–Crippen MR) is 48.9 cm³/mol. The molecule has 0 aliphatic carbocycles. The van der Waals surface area contributed by atoms with Gasteiger partial charge >= 0.3 is 10.5 Å². The Morgan fingerprint density at radius 2 is 1.27 bits per heavy atom. The van der Waals surface area contributed by atoms with Crippen molar-refractivity contribution in [1.29, 1.82) is 0 Å². The molecule has 2 N–H and O–H groups in total. The fraction of sp³-hybridized carbons (Fsp3) is 0. The van der Waals surface area contributed by atoms with E-state index in [1.165, 1.54) is 12.1 Å². The fourth-order valence-corrected chi connectivity index (χ4v) is 1.09. The van der Waals surface area contributed by atoms with Gasteiger partial charge in [0.15, 0.2) is 0 Å². The van der Waals surface area contributed by atoms with Crippen LogP contribution in [0.2, 0.25) is 0 Å². The zero-order chi connectivity index (χ0) is 12.1. The van der Waals surface area contributed by atoms with Crippen molar-refractivity contribution in [3.05, 3.63) is 30.3 Å². The van der Waals surface area contributed by atoms with Gasteiger partial charge in [-0.1, -0.05) is 22.1 Å². The molecule has 0 aliphatic heterocycles. The van der Waals surface area contributed by atoms with E-state index in [1.54, 1.807) is 18.2 Å². The van der Waals surface area contributed by atoms with Crippen LogP contribution in [0.15, 0.2) is 35.2 Å². The molecule has 0 atom stereocenters. The van der Waals surface area contributed by atoms with Gasteiger partial charge in [0, 0.05) is 0 Å². The van der Waals surface area contributed by atoms with Crippen LogP contribution in [0.3, 0.4) is 0 Å². The summed E-state index contributed by atoms with van der Waals surface area (Å²) in [5, 5.41) is 0. The number of rotatable bonds is 1. The van der Waals surface area contributed by atoms with Crippen LogP contribution in [-0.4, -0.2) is 25.9 Å². The molecule has 6 nitrogen and oxygen atoms in total. The topological polar surface area (TPSA) is 109 Å². The minimum absolute atomic E-state index is 0.0741. The smallest absolute Gasteiger partial charge is 0.282 e. The molecule has 0 saturated carbocycles. The Balaban J connectivity index is 0.000000336. The van der Waals surface area contributed by atoms with Crippen molar-refractivity contribution >= 4 is 20.6 Å². The third kappa shape index (κ3) is 9.28. The summed E-state index contributed by atoms with van der Waals surface area (Å²) in [6.45, 7) is 0. The number of halogens is 1. The van der Waals surface area contributed by atoms with Crippen molar-refractivity contribution in [3.63, 3.8) is 0 Å². The van der Waals surface area contributed by atoms with Gasteiger partial charge in [0.25, 0.3) is 10.1 Å². The first-order chi connectivity index (χ1) is 6.61. The third-order valence-corrected chi connectivity index (χ3v) is 1.91. The van der Waals surface area contributed by atoms with Gasteiger partial charge in [-0.3, -0.25) is 9.11 Å². The van der Waals surface area contributed by atoms with Crippen LogP contribution in [0.5, 0.6) is 0 Å². The zero-order valence-corrected chi connectivity index (χ0v) is 8.74. The summed E-state index contributed by atoms with van der Waals surface area (Å²) in [5.74, 6) is 0. The van der Waals surface area contributed by atoms with Crippen LogP contribution < -0.4 is 0 Å². The van der Waals surface area contributed by atoms with E-state index in [0.29, 0.717) is 0 Å². The van der Waals surface area contributed by atoms with Crippen molar-refractivity contribution < 1.29 is 29.8 Å². The Morgan fingerprint density at radius 3 is 1.47 bits per heavy atom. The molecule has 0 aliphatic rings. The Morgan fingerprint density at radius 1 is 0.933 bits per heavy atom. The number of hydrogen-bond acceptors (Lipinski definition) is 4. The van der Waals surface area contributed by atoms with Gasteiger partial charge in [-0.25, -0.2) is 0 Å². The van der Waals surface area contributed by atoms with E-state index in [1.807, 2.05) is 0 Å². The third-order valence-electron chi connectivity index (χ3n) is 1.04. The quantitative estimate of drug-likeness (QED) is 0.566. The highest BCUT2D eigenvalue weighted by Crippen LogP contribution is 2.05. The Labute approximate surface area is 86.2 Å². The molecule has 15 heavy (non-hydrogen) atoms. The molecule has 0 heterocycles. The normalized spacial score (nSPS) is 11.4. The fourth-order valence-electron chi connectivity index (χ4n) is 0.592. The molecule has 0 fully saturated rings. The maximum absolute atomic E-state index is 10.4. The Bertz CT molecular complexity index is 484. The van der Waals surface area contributed by atoms with Crippen molar-refractivity contribution in [3.8, 4) is 0 Å². The second kappa shape index (κ2) is 5.16. The van der Waals surface area contributed by atoms with Crippen molar-refractivity contribution in [1.82, 2.24) is 0 Å². The molecule has 1 rings (SSSR count). The van der Waals surface area contributed by atoms with Gasteiger partial charge in [-0.15, -0.1) is 0 Å². The van der Waals surface area contributed by atoms with Crippen molar-refractivity contribution in [2.45, 2.75) is 4.90 Å². The molecule has 0 bridgehead atoms. The van der Waals surface area contributed by atoms with Crippen LogP contribution in [0.25, 0.3) is 0 Å². The van der Waals surface area contributed by atoms with E-state index in [0.717, 1.165) is 0 Å². The summed E-state index contributed by atoms with van der Waals surface area (Å²) in [4.78, 5) is -0.0741. The van der Waals surface area contributed by atoms with Crippen LogP contribution in [0, 0.1) is 0 Å². The predicted octanol–water partition coefficient (Wildman–Crippen LogP) is 0.692. The van der Waals surface area contributed by atoms with E-state index in [2.05, 4.69) is 0 Å². The average Bonchev–Trinajstić information content (AvgIpc) is 2.01. The molecular weight excluding hydrogens is 251 g/mol. The van der Waals surface area contributed by atoms with Crippen LogP contribution in [-0.2, 0) is 20.6 Å². The van der Waals surface area contributed by atoms with Crippen LogP contribution in [0.1, 0.15) is 0 Å². The van der Waals surface area contributed by atoms with E-state index in [-0.39, 0.29) is 4.90 Å². The molecule has 0 aromatic heterocycles. The highest BCUT2D eigenvalue weighted by Gasteiger charge is 2.05. The van der Waals surface area contributed by atoms with Crippen LogP contribution in [0.4, 0.5) is 3.89 Å². The lowest BCUT2D eigenvalue weighted by Crippen LogP contribution is -1.96. The summed E-state index contributed by atoms with van der Waals surface area (Å²) in [6, 6.07) is 7.42. The minimum atomic E-state index is -5.17. The number of benzene rings is 1. The molecule has 1 aromatic rings. The second-order valence-electron chi connectivity index (χ2n) is 2.20. The lowest BCUT2D eigenvalue weighted by atomic mass is 10.4. The van der Waals surface area contributed by atoms with E-state index in [9.17, 15) is 12.3 Å². The highest BCUT2D eigenvalue weighted by atomic mass is 32.3. The summed E-state index contributed by atoms with van der Waals surface area (Å²) >= 11 is 0. The number of hydrogen-bond donors (Lipinski definition) is 2. The summed E-state index contributed by atoms with van der Waals surface area (Å²) in [6.07, 6.45) is 0. The lowest BCUT2D eigenvalue weighted by molar-refractivity contribution is 0.435. The first kappa shape index (κ1) is 14.0. The van der Waals surface area contributed by atoms with Gasteiger partial charge in [0.1, 0.15) is 0 Å². The molecule has 0 saturated heterocycles. The maximum atomic E-state index is 10.4. The van der Waals surface area contributed by atoms with E-state index >= 15 is 0 Å². The molecule has 0 amide bonds. The Hall–Kier alpha value is -1.03. The van der Waals surface area contributed by atoms with Gasteiger partial charge in [-0.2, -0.15) is 16.8 Å². The minimum Gasteiger partial charge on any atom is -0.282 e. The van der Waals surface area contributed by atoms with E-state index < -0.39 is 20.6 Å². The zero-order valence-electron chi connectivity index (χ0n) is 7.11. The summed E-state index contributed by atoms with van der Waals surface area (Å²) in [7, 11) is -9.17. The molecule has 9 heteroatoms. The first-order valence-corrected chi connectivity index (χ1v) is 6.08. The second-order valence-corrected chi connectivity index (χ2v) is 4.45. The summed E-state index contributed by atoms with van der Waals surface area (Å²) < 4.78 is 63.3. The molecule has 0 spiro atoms. The van der Waals surface area contributed by atoms with Crippen molar-refractivity contribution in [2.24, 2.45) is 0 Å². The summed E-state index contributed by atoms with van der Waals surface area (Å²) in [5.41, 5.74) is 0. The lowest BCUT2D eigenvalue weighted by Gasteiger charge is -1.92. The maximum Gasteiger partial charge on any atom is 0.435 e. The molecule has 1 aromatic carbocycles. The van der Waals surface area contributed by atoms with Gasteiger partial charge in [0.2, 0.25) is 0 Å².